The van der Waals surface area contributed by atoms with Crippen LogP contribution < -0.4 is 20.7 Å². The Balaban J connectivity index is 1.46. The summed E-state index contributed by atoms with van der Waals surface area (Å²) in [5.41, 5.74) is 2.72. The minimum atomic E-state index is -0.642. The van der Waals surface area contributed by atoms with Crippen LogP contribution in [0.15, 0.2) is 48.5 Å². The number of hydrogen-bond acceptors (Lipinski definition) is 6. The van der Waals surface area contributed by atoms with Crippen LogP contribution in [-0.4, -0.2) is 68.8 Å². The number of ether oxygens (including phenoxy) is 2. The molecule has 2 aliphatic rings. The monoisotopic (exact) mass is 494 g/mol. The van der Waals surface area contributed by atoms with Crippen LogP contribution in [0.1, 0.15) is 36.5 Å². The number of likely N-dealkylation sites (tertiary alicyclic amines) is 1. The first-order valence-electron chi connectivity index (χ1n) is 12.8. The molecule has 2 aliphatic heterocycles. The van der Waals surface area contributed by atoms with Crippen molar-refractivity contribution in [1.29, 1.82) is 0 Å². The van der Waals surface area contributed by atoms with E-state index in [1.807, 2.05) is 43.3 Å². The van der Waals surface area contributed by atoms with Crippen LogP contribution in [0.5, 0.6) is 5.75 Å². The van der Waals surface area contributed by atoms with Crippen molar-refractivity contribution in [1.82, 2.24) is 20.9 Å². The summed E-state index contributed by atoms with van der Waals surface area (Å²) >= 11 is 0. The Morgan fingerprint density at radius 2 is 1.92 bits per heavy atom. The number of methoxy groups -OCH3 is 1. The Hall–Kier alpha value is -2.94. The summed E-state index contributed by atoms with van der Waals surface area (Å²) in [5, 5.41) is 9.59. The van der Waals surface area contributed by atoms with Gasteiger partial charge in [-0.25, -0.2) is 0 Å². The maximum Gasteiger partial charge on any atom is 0.245 e. The quantitative estimate of drug-likeness (QED) is 0.443. The van der Waals surface area contributed by atoms with E-state index in [2.05, 4.69) is 35.0 Å². The SMILES string of the molecule is CCOC1(c2ccccc2C)CN(C(=O)[C@@H](Cc2ccc(OC)cc2)NC(=O)CCC2CNCN2)C1. The molecule has 2 saturated heterocycles. The van der Waals surface area contributed by atoms with Gasteiger partial charge in [-0.1, -0.05) is 36.4 Å². The van der Waals surface area contributed by atoms with E-state index in [0.29, 0.717) is 32.5 Å². The Kier molecular flexibility index (Phi) is 8.61. The number of nitrogens with zero attached hydrogens (tertiary/aromatic N) is 1. The van der Waals surface area contributed by atoms with Crippen LogP contribution in [0.4, 0.5) is 0 Å². The molecule has 1 unspecified atom stereocenters. The fraction of sp³-hybridized carbons (Fsp3) is 0.500. The van der Waals surface area contributed by atoms with E-state index in [9.17, 15) is 9.59 Å². The van der Waals surface area contributed by atoms with Crippen LogP contribution >= 0.6 is 0 Å². The van der Waals surface area contributed by atoms with Crippen LogP contribution in [-0.2, 0) is 26.3 Å². The lowest BCUT2D eigenvalue weighted by atomic mass is 9.82. The summed E-state index contributed by atoms with van der Waals surface area (Å²) in [6.45, 7) is 7.17. The number of hydrogen-bond donors (Lipinski definition) is 3. The van der Waals surface area contributed by atoms with Gasteiger partial charge in [-0.05, 0) is 49.1 Å². The highest BCUT2D eigenvalue weighted by Gasteiger charge is 2.49. The molecular weight excluding hydrogens is 456 g/mol. The van der Waals surface area contributed by atoms with Gasteiger partial charge in [0.2, 0.25) is 11.8 Å². The summed E-state index contributed by atoms with van der Waals surface area (Å²) in [7, 11) is 1.62. The lowest BCUT2D eigenvalue weighted by molar-refractivity contribution is -0.173. The normalized spacial score (nSPS) is 19.4. The van der Waals surface area contributed by atoms with Gasteiger partial charge >= 0.3 is 0 Å². The van der Waals surface area contributed by atoms with E-state index in [-0.39, 0.29) is 17.9 Å². The molecule has 0 bridgehead atoms. The molecule has 194 valence electrons. The van der Waals surface area contributed by atoms with Crippen LogP contribution in [0.3, 0.4) is 0 Å². The average Bonchev–Trinajstić information content (AvgIpc) is 3.39. The van der Waals surface area contributed by atoms with Crippen molar-refractivity contribution in [2.24, 2.45) is 0 Å². The lowest BCUT2D eigenvalue weighted by Crippen LogP contribution is -2.66. The Morgan fingerprint density at radius 3 is 2.56 bits per heavy atom. The average molecular weight is 495 g/mol. The predicted octanol–water partition coefficient (Wildman–Crippen LogP) is 2.10. The topological polar surface area (TPSA) is 91.9 Å². The number of rotatable bonds is 11. The minimum Gasteiger partial charge on any atom is -0.497 e. The highest BCUT2D eigenvalue weighted by molar-refractivity contribution is 5.88. The van der Waals surface area contributed by atoms with Gasteiger partial charge in [0, 0.05) is 38.7 Å². The number of nitrogens with one attached hydrogen (secondary N) is 3. The lowest BCUT2D eigenvalue weighted by Gasteiger charge is -2.51. The molecule has 2 atom stereocenters. The maximum atomic E-state index is 13.7. The number of benzene rings is 2. The summed E-state index contributed by atoms with van der Waals surface area (Å²) < 4.78 is 11.5. The molecule has 2 fully saturated rings. The fourth-order valence-corrected chi connectivity index (χ4v) is 5.15. The van der Waals surface area contributed by atoms with E-state index in [1.165, 1.54) is 0 Å². The van der Waals surface area contributed by atoms with Gasteiger partial charge in [-0.2, -0.15) is 0 Å². The molecule has 0 aliphatic carbocycles. The second kappa shape index (κ2) is 11.9. The van der Waals surface area contributed by atoms with Crippen molar-refractivity contribution < 1.29 is 19.1 Å². The fourth-order valence-electron chi connectivity index (χ4n) is 5.15. The Bertz CT molecular complexity index is 1030. The van der Waals surface area contributed by atoms with Crippen molar-refractivity contribution in [3.63, 3.8) is 0 Å². The first-order chi connectivity index (χ1) is 17.4. The smallest absolute Gasteiger partial charge is 0.245 e. The van der Waals surface area contributed by atoms with Gasteiger partial charge < -0.3 is 30.3 Å². The zero-order valence-corrected chi connectivity index (χ0v) is 21.5. The highest BCUT2D eigenvalue weighted by atomic mass is 16.5. The number of carbonyl (C=O) groups is 2. The zero-order chi connectivity index (χ0) is 25.5. The van der Waals surface area contributed by atoms with Crippen molar-refractivity contribution >= 4 is 11.8 Å². The molecule has 8 nitrogen and oxygen atoms in total. The molecule has 0 aromatic heterocycles. The summed E-state index contributed by atoms with van der Waals surface area (Å²) in [6, 6.07) is 15.4. The highest BCUT2D eigenvalue weighted by Crippen LogP contribution is 2.38. The van der Waals surface area contributed by atoms with E-state index < -0.39 is 11.6 Å². The molecule has 2 aromatic rings. The largest absolute Gasteiger partial charge is 0.497 e. The van der Waals surface area contributed by atoms with Crippen LogP contribution in [0, 0.1) is 6.92 Å². The summed E-state index contributed by atoms with van der Waals surface area (Å²) in [4.78, 5) is 28.3. The molecule has 36 heavy (non-hydrogen) atoms. The van der Waals surface area contributed by atoms with Gasteiger partial charge in [0.15, 0.2) is 0 Å². The first kappa shape index (κ1) is 26.1. The van der Waals surface area contributed by atoms with Gasteiger partial charge in [0.1, 0.15) is 17.4 Å². The van der Waals surface area contributed by atoms with Gasteiger partial charge in [-0.3, -0.25) is 9.59 Å². The molecule has 2 heterocycles. The molecule has 8 heteroatoms. The molecule has 2 aromatic carbocycles. The molecule has 0 radical (unpaired) electrons. The Labute approximate surface area is 213 Å². The van der Waals surface area contributed by atoms with E-state index in [4.69, 9.17) is 9.47 Å². The van der Waals surface area contributed by atoms with Crippen LogP contribution in [0.25, 0.3) is 0 Å². The summed E-state index contributed by atoms with van der Waals surface area (Å²) in [5.74, 6) is 0.570. The van der Waals surface area contributed by atoms with Crippen molar-refractivity contribution in [3.8, 4) is 5.75 Å². The molecule has 2 amide bonds. The van der Waals surface area contributed by atoms with Crippen LogP contribution in [0.2, 0.25) is 0 Å². The number of amides is 2. The minimum absolute atomic E-state index is 0.0799. The zero-order valence-electron chi connectivity index (χ0n) is 21.5. The number of aryl methyl sites for hydroxylation is 1. The third-order valence-electron chi connectivity index (χ3n) is 7.12. The Morgan fingerprint density at radius 1 is 1.17 bits per heavy atom. The molecule has 0 spiro atoms. The predicted molar refractivity (Wildman–Crippen MR) is 139 cm³/mol. The summed E-state index contributed by atoms with van der Waals surface area (Å²) in [6.07, 6.45) is 1.52. The standard InChI is InChI=1S/C28H38N4O4/c1-4-36-28(24-8-6-5-7-20(24)2)17-32(18-28)27(34)25(15-21-9-12-23(35-3)13-10-21)31-26(33)14-11-22-16-29-19-30-22/h5-10,12-13,22,25,29-30H,4,11,14-19H2,1-3H3,(H,31,33)/t22?,25-/m1/s1. The van der Waals surface area contributed by atoms with Gasteiger partial charge in [0.05, 0.1) is 20.2 Å². The van der Waals surface area contributed by atoms with E-state index in [1.54, 1.807) is 12.0 Å². The molecule has 0 saturated carbocycles. The third kappa shape index (κ3) is 6.06. The second-order valence-electron chi connectivity index (χ2n) is 9.68. The van der Waals surface area contributed by atoms with Gasteiger partial charge in [0.25, 0.3) is 0 Å². The van der Waals surface area contributed by atoms with E-state index >= 15 is 0 Å². The molecule has 3 N–H and O–H groups in total. The first-order valence-corrected chi connectivity index (χ1v) is 12.8. The van der Waals surface area contributed by atoms with Crippen molar-refractivity contribution in [2.75, 3.05) is 40.0 Å². The second-order valence-corrected chi connectivity index (χ2v) is 9.68. The maximum absolute atomic E-state index is 13.7. The van der Waals surface area contributed by atoms with E-state index in [0.717, 1.165) is 42.1 Å². The van der Waals surface area contributed by atoms with Crippen molar-refractivity contribution in [3.05, 3.63) is 65.2 Å². The van der Waals surface area contributed by atoms with Crippen molar-refractivity contribution in [2.45, 2.75) is 50.8 Å². The molecular formula is C28H38N4O4. The number of carbonyl (C=O) groups excluding carboxylic acids is 2. The molecule has 4 rings (SSSR count). The van der Waals surface area contributed by atoms with Gasteiger partial charge in [-0.15, -0.1) is 0 Å². The third-order valence-corrected chi connectivity index (χ3v) is 7.12.